The fraction of sp³-hybridized carbons (Fsp3) is 0.553. The highest BCUT2D eigenvalue weighted by molar-refractivity contribution is 5.97. The van der Waals surface area contributed by atoms with E-state index in [1.807, 2.05) is 25.1 Å². The number of unbranched alkanes of at least 4 members (excludes halogenated alkanes) is 2. The van der Waals surface area contributed by atoms with Crippen LogP contribution in [0.4, 0.5) is 0 Å². The van der Waals surface area contributed by atoms with E-state index in [4.69, 9.17) is 28.7 Å². The minimum absolute atomic E-state index is 0.0114. The van der Waals surface area contributed by atoms with Crippen molar-refractivity contribution in [1.29, 1.82) is 0 Å². The SMILES string of the molecule is CCCC[C@@H](NC(=O)[C@@H](N)Cc1cnc[nH]1)C(=O)N[C@@H](CCCN=C(N)N)C(=O)N[C@@H](Cc1c[nH]c2ccccc12)C(=O)NCC(=O)N[C@@H](CCCCN)C(=O)N[C@@H](CCC(N)=O)C(=O)N[C@H](C(=O)O)C(C)C. The number of carboxylic acids is 1. The second-order valence-corrected chi connectivity index (χ2v) is 18.0. The standard InChI is InChI=1S/C47H74N16O10/c1-4-5-12-33(59-40(66)30(49)21-28-23-53-25-57-28)43(69)60-34(15-10-19-54-47(51)52)44(70)62-36(20-27-22-55-31-13-7-6-11-29(27)31)41(67)56-24-38(65)58-32(14-8-9-18-48)42(68)61-35(16-17-37(50)64)45(71)63-39(26(2)3)46(72)73/h6-7,11,13,22-23,25-26,30,32-36,39,55H,4-5,8-10,12,14-21,24,48-49H2,1-3H3,(H2,50,64)(H,53,57)(H,56,67)(H,58,65)(H,59,66)(H,60,69)(H,61,68)(H,62,70)(H,63,71)(H,72,73)(H4,51,52,54)/t30-,32-,33+,34-,35-,36-,39-/m0/s1. The first-order valence-electron chi connectivity index (χ1n) is 24.4. The van der Waals surface area contributed by atoms with Gasteiger partial charge >= 0.3 is 5.97 Å². The van der Waals surface area contributed by atoms with Gasteiger partial charge in [-0.3, -0.25) is 43.3 Å². The van der Waals surface area contributed by atoms with Crippen molar-refractivity contribution < 1.29 is 48.3 Å². The van der Waals surface area contributed by atoms with E-state index in [1.54, 1.807) is 26.1 Å². The van der Waals surface area contributed by atoms with Gasteiger partial charge in [-0.25, -0.2) is 9.78 Å². The van der Waals surface area contributed by atoms with Gasteiger partial charge in [0.1, 0.15) is 36.3 Å². The van der Waals surface area contributed by atoms with Gasteiger partial charge in [-0.05, 0) is 69.0 Å². The molecule has 0 bridgehead atoms. The number of hydrogen-bond acceptors (Lipinski definition) is 13. The maximum Gasteiger partial charge on any atom is 0.326 e. The molecule has 7 atom stereocenters. The minimum atomic E-state index is -1.42. The number of carbonyl (C=O) groups is 9. The molecular weight excluding hydrogens is 949 g/mol. The van der Waals surface area contributed by atoms with Crippen molar-refractivity contribution in [1.82, 2.24) is 52.2 Å². The molecular formula is C47H74N16O10. The molecule has 73 heavy (non-hydrogen) atoms. The summed E-state index contributed by atoms with van der Waals surface area (Å²) in [6.07, 6.45) is 6.51. The minimum Gasteiger partial charge on any atom is -0.480 e. The largest absolute Gasteiger partial charge is 0.480 e. The number of carboxylic acid groups (broad SMARTS) is 1. The number of nitrogens with two attached hydrogens (primary N) is 5. The Labute approximate surface area is 423 Å². The van der Waals surface area contributed by atoms with Crippen molar-refractivity contribution in [2.24, 2.45) is 39.6 Å². The lowest BCUT2D eigenvalue weighted by molar-refractivity contribution is -0.143. The molecule has 0 unspecified atom stereocenters. The van der Waals surface area contributed by atoms with Crippen molar-refractivity contribution >= 4 is 70.1 Å². The van der Waals surface area contributed by atoms with Gasteiger partial charge in [0, 0.05) is 54.8 Å². The highest BCUT2D eigenvalue weighted by Gasteiger charge is 2.33. The number of aliphatic carboxylic acids is 1. The molecule has 26 heteroatoms. The number of amides is 8. The Morgan fingerprint density at radius 3 is 1.88 bits per heavy atom. The second kappa shape index (κ2) is 31.0. The van der Waals surface area contributed by atoms with Crippen molar-refractivity contribution in [3.63, 3.8) is 0 Å². The molecule has 8 amide bonds. The van der Waals surface area contributed by atoms with Crippen LogP contribution in [0.3, 0.4) is 0 Å². The topological polar surface area (TPSA) is 445 Å². The lowest BCUT2D eigenvalue weighted by Crippen LogP contribution is -2.59. The van der Waals surface area contributed by atoms with Gasteiger partial charge < -0.3 is 81.0 Å². The molecule has 3 aromatic rings. The molecule has 0 spiro atoms. The third-order valence-electron chi connectivity index (χ3n) is 11.7. The number of imidazole rings is 1. The van der Waals surface area contributed by atoms with Crippen molar-refractivity contribution in [2.75, 3.05) is 19.6 Å². The van der Waals surface area contributed by atoms with E-state index in [0.29, 0.717) is 36.9 Å². The molecule has 0 saturated carbocycles. The number of nitrogens with zero attached hydrogens (tertiary/aromatic N) is 2. The van der Waals surface area contributed by atoms with Crippen molar-refractivity contribution in [3.8, 4) is 0 Å². The fourth-order valence-corrected chi connectivity index (χ4v) is 7.62. The van der Waals surface area contributed by atoms with Crippen molar-refractivity contribution in [2.45, 2.75) is 140 Å². The zero-order valence-electron chi connectivity index (χ0n) is 41.7. The van der Waals surface area contributed by atoms with E-state index < -0.39 is 108 Å². The van der Waals surface area contributed by atoms with Crippen LogP contribution in [0.15, 0.2) is 48.0 Å². The number of H-pyrrole nitrogens is 2. The monoisotopic (exact) mass is 1020 g/mol. The zero-order chi connectivity index (χ0) is 54.0. The molecule has 2 aromatic heterocycles. The Kier molecular flexibility index (Phi) is 25.3. The first-order chi connectivity index (χ1) is 34.7. The van der Waals surface area contributed by atoms with E-state index in [9.17, 15) is 48.3 Å². The lowest BCUT2D eigenvalue weighted by Gasteiger charge is -2.26. The first kappa shape index (κ1) is 59.7. The number of hydrogen-bond donors (Lipinski definition) is 15. The molecule has 0 saturated heterocycles. The molecule has 1 aromatic carbocycles. The Bertz CT molecular complexity index is 2330. The molecule has 20 N–H and O–H groups in total. The summed E-state index contributed by atoms with van der Waals surface area (Å²) in [6, 6.07) is -1.55. The predicted molar refractivity (Wildman–Crippen MR) is 270 cm³/mol. The predicted octanol–water partition coefficient (Wildman–Crippen LogP) is -2.59. The summed E-state index contributed by atoms with van der Waals surface area (Å²) in [4.78, 5) is 134. The molecule has 3 rings (SSSR count). The van der Waals surface area contributed by atoms with Gasteiger partial charge in [-0.1, -0.05) is 51.8 Å². The molecule has 402 valence electrons. The Balaban J connectivity index is 1.87. The number of carbonyl (C=O) groups excluding carboxylic acids is 8. The van der Waals surface area contributed by atoms with Crippen LogP contribution < -0.4 is 65.9 Å². The molecule has 26 nitrogen and oxygen atoms in total. The van der Waals surface area contributed by atoms with Crippen LogP contribution in [0.2, 0.25) is 0 Å². The van der Waals surface area contributed by atoms with Crippen LogP contribution in [-0.2, 0) is 56.0 Å². The number of benzene rings is 1. The summed E-state index contributed by atoms with van der Waals surface area (Å²) >= 11 is 0. The summed E-state index contributed by atoms with van der Waals surface area (Å²) in [5, 5.41) is 28.5. The number of rotatable bonds is 34. The maximum absolute atomic E-state index is 14.4. The molecule has 0 radical (unpaired) electrons. The van der Waals surface area contributed by atoms with Crippen molar-refractivity contribution in [3.05, 3.63) is 54.2 Å². The van der Waals surface area contributed by atoms with E-state index in [-0.39, 0.29) is 70.4 Å². The number of aromatic amines is 2. The molecule has 2 heterocycles. The van der Waals surface area contributed by atoms with Gasteiger partial charge in [0.05, 0.1) is 18.9 Å². The fourth-order valence-electron chi connectivity index (χ4n) is 7.62. The van der Waals surface area contributed by atoms with Crippen LogP contribution in [0.1, 0.15) is 96.2 Å². The summed E-state index contributed by atoms with van der Waals surface area (Å²) in [5.41, 5.74) is 30.2. The molecule has 0 fully saturated rings. The average molecular weight is 1020 g/mol. The lowest BCUT2D eigenvalue weighted by atomic mass is 10.0. The number of fused-ring (bicyclic) bond motifs is 1. The zero-order valence-corrected chi connectivity index (χ0v) is 41.7. The van der Waals surface area contributed by atoms with Crippen LogP contribution in [0.25, 0.3) is 10.9 Å². The Morgan fingerprint density at radius 2 is 1.29 bits per heavy atom. The number of nitrogens with one attached hydrogen (secondary N) is 9. The summed E-state index contributed by atoms with van der Waals surface area (Å²) in [5.74, 6) is -8.28. The number of para-hydroxylation sites is 1. The first-order valence-corrected chi connectivity index (χ1v) is 24.4. The molecule has 0 aliphatic carbocycles. The van der Waals surface area contributed by atoms with Crippen LogP contribution in [-0.4, -0.2) is 141 Å². The number of primary amides is 1. The highest BCUT2D eigenvalue weighted by Crippen LogP contribution is 2.20. The van der Waals surface area contributed by atoms with E-state index in [1.165, 1.54) is 12.5 Å². The summed E-state index contributed by atoms with van der Waals surface area (Å²) < 4.78 is 0. The van der Waals surface area contributed by atoms with Gasteiger partial charge in [0.15, 0.2) is 5.96 Å². The quantitative estimate of drug-likeness (QED) is 0.0166. The third-order valence-corrected chi connectivity index (χ3v) is 11.7. The van der Waals surface area contributed by atoms with E-state index in [2.05, 4.69) is 57.2 Å². The number of guanidine groups is 1. The van der Waals surface area contributed by atoms with Gasteiger partial charge in [0.2, 0.25) is 47.3 Å². The summed E-state index contributed by atoms with van der Waals surface area (Å²) in [7, 11) is 0. The molecule has 0 aliphatic heterocycles. The number of aromatic nitrogens is 3. The maximum atomic E-state index is 14.4. The average Bonchev–Trinajstić information content (AvgIpc) is 4.02. The highest BCUT2D eigenvalue weighted by atomic mass is 16.4. The van der Waals surface area contributed by atoms with Crippen LogP contribution in [0.5, 0.6) is 0 Å². The number of aliphatic imine (C=N–C) groups is 1. The normalized spacial score (nSPS) is 14.0. The van der Waals surface area contributed by atoms with Crippen LogP contribution >= 0.6 is 0 Å². The summed E-state index contributed by atoms with van der Waals surface area (Å²) in [6.45, 7) is 4.71. The smallest absolute Gasteiger partial charge is 0.326 e. The van der Waals surface area contributed by atoms with Gasteiger partial charge in [-0.15, -0.1) is 0 Å². The third kappa shape index (κ3) is 20.9. The Morgan fingerprint density at radius 1 is 0.699 bits per heavy atom. The van der Waals surface area contributed by atoms with E-state index >= 15 is 0 Å². The second-order valence-electron chi connectivity index (χ2n) is 18.0. The van der Waals surface area contributed by atoms with E-state index in [0.717, 1.165) is 10.9 Å². The van der Waals surface area contributed by atoms with Gasteiger partial charge in [0.25, 0.3) is 0 Å². The van der Waals surface area contributed by atoms with Crippen LogP contribution in [0, 0.1) is 5.92 Å². The molecule has 0 aliphatic rings. The Hall–Kier alpha value is -7.61. The van der Waals surface area contributed by atoms with Gasteiger partial charge in [-0.2, -0.15) is 0 Å².